The number of ether oxygens (including phenoxy) is 1. The molecule has 0 fully saturated rings. The number of carbonyl (C=O) groups is 1. The highest BCUT2D eigenvalue weighted by molar-refractivity contribution is 7.92. The standard InChI is InChI=1S/C16H14F3N3O6S/c1-28-10-6-7-14(13(8-10)22(24)25)29(26,27)21-12-5-3-2-4-11(12)15(23)20-9-16(17,18)19/h2-8,21H,9H2,1H3,(H,20,23). The zero-order valence-electron chi connectivity index (χ0n) is 14.7. The Morgan fingerprint density at radius 1 is 1.21 bits per heavy atom. The number of amides is 1. The van der Waals surface area contributed by atoms with Crippen molar-refractivity contribution >= 4 is 27.3 Å². The molecular weight excluding hydrogens is 419 g/mol. The summed E-state index contributed by atoms with van der Waals surface area (Å²) in [5.74, 6) is -1.13. The van der Waals surface area contributed by atoms with Crippen LogP contribution in [-0.2, 0) is 10.0 Å². The SMILES string of the molecule is COc1ccc(S(=O)(=O)Nc2ccccc2C(=O)NCC(F)(F)F)c([N+](=O)[O-])c1. The number of nitrogens with one attached hydrogen (secondary N) is 2. The first-order chi connectivity index (χ1) is 13.4. The second kappa shape index (κ2) is 8.34. The second-order valence-corrected chi connectivity index (χ2v) is 7.19. The number of hydrogen-bond acceptors (Lipinski definition) is 6. The Morgan fingerprint density at radius 3 is 2.45 bits per heavy atom. The Bertz CT molecular complexity index is 1040. The van der Waals surface area contributed by atoms with E-state index in [0.29, 0.717) is 0 Å². The van der Waals surface area contributed by atoms with Crippen molar-refractivity contribution in [3.63, 3.8) is 0 Å². The molecule has 0 aliphatic rings. The molecule has 0 aliphatic carbocycles. The van der Waals surface area contributed by atoms with Crippen LogP contribution < -0.4 is 14.8 Å². The summed E-state index contributed by atoms with van der Waals surface area (Å²) in [6.07, 6.45) is -4.66. The number of sulfonamides is 1. The van der Waals surface area contributed by atoms with Crippen molar-refractivity contribution < 1.29 is 36.0 Å². The molecule has 0 aliphatic heterocycles. The van der Waals surface area contributed by atoms with Gasteiger partial charge in [0.05, 0.1) is 29.4 Å². The van der Waals surface area contributed by atoms with Gasteiger partial charge in [-0.25, -0.2) is 8.42 Å². The number of benzene rings is 2. The summed E-state index contributed by atoms with van der Waals surface area (Å²) in [7, 11) is -3.33. The topological polar surface area (TPSA) is 128 Å². The molecule has 2 N–H and O–H groups in total. The second-order valence-electron chi connectivity index (χ2n) is 5.54. The normalized spacial score (nSPS) is 11.6. The molecule has 1 amide bonds. The monoisotopic (exact) mass is 433 g/mol. The van der Waals surface area contributed by atoms with Crippen LogP contribution in [0, 0.1) is 10.1 Å². The van der Waals surface area contributed by atoms with E-state index in [0.717, 1.165) is 24.3 Å². The van der Waals surface area contributed by atoms with Crippen LogP contribution in [0.5, 0.6) is 5.75 Å². The van der Waals surface area contributed by atoms with E-state index in [1.807, 2.05) is 4.72 Å². The van der Waals surface area contributed by atoms with E-state index in [1.54, 1.807) is 5.32 Å². The zero-order chi connectivity index (χ0) is 21.8. The van der Waals surface area contributed by atoms with E-state index >= 15 is 0 Å². The van der Waals surface area contributed by atoms with E-state index in [9.17, 15) is 36.5 Å². The van der Waals surface area contributed by atoms with Crippen LogP contribution in [0.15, 0.2) is 47.4 Å². The number of halogens is 3. The molecule has 9 nitrogen and oxygen atoms in total. The summed E-state index contributed by atoms with van der Waals surface area (Å²) < 4.78 is 69.1. The molecule has 2 rings (SSSR count). The largest absolute Gasteiger partial charge is 0.497 e. The van der Waals surface area contributed by atoms with E-state index in [1.165, 1.54) is 25.3 Å². The van der Waals surface area contributed by atoms with Gasteiger partial charge in [-0.1, -0.05) is 12.1 Å². The average molecular weight is 433 g/mol. The van der Waals surface area contributed by atoms with Crippen molar-refractivity contribution in [1.29, 1.82) is 0 Å². The molecule has 0 atom stereocenters. The number of rotatable bonds is 7. The summed E-state index contributed by atoms with van der Waals surface area (Å²) in [6, 6.07) is 7.91. The molecular formula is C16H14F3N3O6S. The van der Waals surface area contributed by atoms with Gasteiger partial charge in [0.2, 0.25) is 0 Å². The highest BCUT2D eigenvalue weighted by atomic mass is 32.2. The Hall–Kier alpha value is -3.35. The van der Waals surface area contributed by atoms with Crippen molar-refractivity contribution in [2.45, 2.75) is 11.1 Å². The first kappa shape index (κ1) is 21.9. The predicted octanol–water partition coefficient (Wildman–Crippen LogP) is 2.70. The van der Waals surface area contributed by atoms with Gasteiger partial charge in [-0.3, -0.25) is 19.6 Å². The molecule has 2 aromatic rings. The molecule has 0 unspecified atom stereocenters. The maximum Gasteiger partial charge on any atom is 0.405 e. The molecule has 0 saturated heterocycles. The number of nitrogens with zero attached hydrogens (tertiary/aromatic N) is 1. The molecule has 2 aromatic carbocycles. The molecule has 13 heteroatoms. The van der Waals surface area contributed by atoms with Crippen molar-refractivity contribution in [1.82, 2.24) is 5.32 Å². The summed E-state index contributed by atoms with van der Waals surface area (Å²) in [6.45, 7) is -1.61. The van der Waals surface area contributed by atoms with Gasteiger partial charge in [0.15, 0.2) is 4.90 Å². The number of methoxy groups -OCH3 is 1. The van der Waals surface area contributed by atoms with Crippen LogP contribution in [0.25, 0.3) is 0 Å². The van der Waals surface area contributed by atoms with Crippen LogP contribution in [0.1, 0.15) is 10.4 Å². The van der Waals surface area contributed by atoms with Gasteiger partial charge in [-0.05, 0) is 24.3 Å². The fraction of sp³-hybridized carbons (Fsp3) is 0.188. The summed E-state index contributed by atoms with van der Waals surface area (Å²) in [4.78, 5) is 21.6. The number of nitro benzene ring substituents is 1. The van der Waals surface area contributed by atoms with Gasteiger partial charge in [0.25, 0.3) is 21.6 Å². The minimum Gasteiger partial charge on any atom is -0.497 e. The zero-order valence-corrected chi connectivity index (χ0v) is 15.5. The lowest BCUT2D eigenvalue weighted by Gasteiger charge is -2.14. The first-order valence-corrected chi connectivity index (χ1v) is 9.22. The fourth-order valence-electron chi connectivity index (χ4n) is 2.24. The number of nitro groups is 1. The van der Waals surface area contributed by atoms with Gasteiger partial charge in [-0.2, -0.15) is 13.2 Å². The van der Waals surface area contributed by atoms with Crippen LogP contribution >= 0.6 is 0 Å². The van der Waals surface area contributed by atoms with Crippen LogP contribution in [0.4, 0.5) is 24.5 Å². The van der Waals surface area contributed by atoms with Gasteiger partial charge >= 0.3 is 6.18 Å². The highest BCUT2D eigenvalue weighted by Gasteiger charge is 2.30. The molecule has 0 aromatic heterocycles. The summed E-state index contributed by atoms with van der Waals surface area (Å²) in [5.41, 5.74) is -1.52. The molecule has 0 bridgehead atoms. The van der Waals surface area contributed by atoms with E-state index in [2.05, 4.69) is 0 Å². The molecule has 0 spiro atoms. The minimum absolute atomic E-state index is 0.0441. The number of hydrogen-bond donors (Lipinski definition) is 2. The van der Waals surface area contributed by atoms with Crippen molar-refractivity contribution in [3.05, 3.63) is 58.1 Å². The van der Waals surface area contributed by atoms with Gasteiger partial charge in [0, 0.05) is 0 Å². The predicted molar refractivity (Wildman–Crippen MR) is 95.3 cm³/mol. The molecule has 0 heterocycles. The Morgan fingerprint density at radius 2 is 1.86 bits per heavy atom. The quantitative estimate of drug-likeness (QED) is 0.511. The van der Waals surface area contributed by atoms with Crippen molar-refractivity contribution in [2.75, 3.05) is 18.4 Å². The third-order valence-corrected chi connectivity index (χ3v) is 4.93. The van der Waals surface area contributed by atoms with Crippen LogP contribution in [-0.4, -0.2) is 39.1 Å². The van der Waals surface area contributed by atoms with Crippen LogP contribution in [0.3, 0.4) is 0 Å². The Labute approximate surface area is 162 Å². The summed E-state index contributed by atoms with van der Waals surface area (Å²) in [5, 5.41) is 12.9. The number of anilines is 1. The lowest BCUT2D eigenvalue weighted by atomic mass is 10.1. The van der Waals surface area contributed by atoms with Gasteiger partial charge in [-0.15, -0.1) is 0 Å². The minimum atomic E-state index is -4.66. The van der Waals surface area contributed by atoms with E-state index in [-0.39, 0.29) is 11.4 Å². The smallest absolute Gasteiger partial charge is 0.405 e. The first-order valence-electron chi connectivity index (χ1n) is 7.74. The Balaban J connectivity index is 2.40. The number of alkyl halides is 3. The Kier molecular flexibility index (Phi) is 6.31. The molecule has 0 radical (unpaired) electrons. The molecule has 29 heavy (non-hydrogen) atoms. The highest BCUT2D eigenvalue weighted by Crippen LogP contribution is 2.30. The molecule has 0 saturated carbocycles. The lowest BCUT2D eigenvalue weighted by Crippen LogP contribution is -2.34. The summed E-state index contributed by atoms with van der Waals surface area (Å²) >= 11 is 0. The number of carbonyl (C=O) groups excluding carboxylic acids is 1. The maximum atomic E-state index is 12.7. The third kappa shape index (κ3) is 5.57. The van der Waals surface area contributed by atoms with Gasteiger partial charge in [0.1, 0.15) is 12.3 Å². The van der Waals surface area contributed by atoms with Crippen molar-refractivity contribution in [3.8, 4) is 5.75 Å². The van der Waals surface area contributed by atoms with E-state index in [4.69, 9.17) is 4.74 Å². The van der Waals surface area contributed by atoms with Gasteiger partial charge < -0.3 is 10.1 Å². The average Bonchev–Trinajstić information content (AvgIpc) is 2.65. The number of para-hydroxylation sites is 1. The molecule has 156 valence electrons. The van der Waals surface area contributed by atoms with Crippen LogP contribution in [0.2, 0.25) is 0 Å². The van der Waals surface area contributed by atoms with E-state index < -0.39 is 49.7 Å². The maximum absolute atomic E-state index is 12.7. The van der Waals surface area contributed by atoms with Crippen molar-refractivity contribution in [2.24, 2.45) is 0 Å². The third-order valence-electron chi connectivity index (χ3n) is 3.52. The fourth-order valence-corrected chi connectivity index (χ4v) is 3.47. The lowest BCUT2D eigenvalue weighted by molar-refractivity contribution is -0.387.